The van der Waals surface area contributed by atoms with Gasteiger partial charge in [-0.25, -0.2) is 0 Å². The van der Waals surface area contributed by atoms with Crippen molar-refractivity contribution < 1.29 is 43.7 Å². The molecule has 4 nitrogen and oxygen atoms in total. The number of rotatable bonds is 11. The van der Waals surface area contributed by atoms with Crippen LogP contribution in [0.4, 0.5) is 26.3 Å². The van der Waals surface area contributed by atoms with E-state index in [9.17, 15) is 34.8 Å². The van der Waals surface area contributed by atoms with Crippen molar-refractivity contribution in [2.45, 2.75) is 89.1 Å². The van der Waals surface area contributed by atoms with Gasteiger partial charge in [-0.05, 0) is 58.2 Å². The zero-order chi connectivity index (χ0) is 32.3. The summed E-state index contributed by atoms with van der Waals surface area (Å²) in [6, 6.07) is 12.8. The maximum Gasteiger partial charge on any atom is 0.416 e. The van der Waals surface area contributed by atoms with Crippen LogP contribution in [0, 0.1) is 0 Å². The molecule has 0 aliphatic heterocycles. The fraction of sp³-hybridized carbons (Fsp3) is 0.438. The number of hydrogen-bond donors (Lipinski definition) is 0. The molecule has 0 heterocycles. The minimum Gasteiger partial charge on any atom is -0.486 e. The zero-order valence-electron chi connectivity index (χ0n) is 24.8. The van der Waals surface area contributed by atoms with E-state index in [2.05, 4.69) is 0 Å². The predicted octanol–water partition coefficient (Wildman–Crippen LogP) is 10.0. The maximum absolute atomic E-state index is 13.6. The Morgan fingerprint density at radius 3 is 1.58 bits per heavy atom. The molecule has 0 N–H and O–H groups in total. The van der Waals surface area contributed by atoms with Gasteiger partial charge in [-0.15, -0.1) is 0 Å². The van der Waals surface area contributed by atoms with E-state index in [4.69, 9.17) is 8.92 Å². The Balaban J connectivity index is 1.97. The smallest absolute Gasteiger partial charge is 0.416 e. The van der Waals surface area contributed by atoms with E-state index in [1.165, 1.54) is 0 Å². The minimum atomic E-state index is -5.05. The molecule has 0 bridgehead atoms. The monoisotopic (exact) mass is 630 g/mol. The third-order valence-corrected chi connectivity index (χ3v) is 8.41. The van der Waals surface area contributed by atoms with Crippen molar-refractivity contribution in [1.29, 1.82) is 0 Å². The van der Waals surface area contributed by atoms with Crippen LogP contribution in [0.1, 0.15) is 105 Å². The molecule has 236 valence electrons. The molecule has 3 rings (SSSR count). The Morgan fingerprint density at radius 1 is 0.674 bits per heavy atom. The lowest BCUT2D eigenvalue weighted by molar-refractivity contribution is -0.143. The Morgan fingerprint density at radius 2 is 1.16 bits per heavy atom. The first-order chi connectivity index (χ1) is 19.8. The Hall–Kier alpha value is -3.05. The maximum atomic E-state index is 13.6. The first-order valence-corrected chi connectivity index (χ1v) is 15.3. The second-order valence-corrected chi connectivity index (χ2v) is 12.9. The van der Waals surface area contributed by atoms with Gasteiger partial charge in [-0.2, -0.15) is 34.8 Å². The number of ether oxygens (including phenoxy) is 1. The summed E-state index contributed by atoms with van der Waals surface area (Å²) in [5.74, 6) is -0.792. The van der Waals surface area contributed by atoms with Crippen LogP contribution in [-0.2, 0) is 26.7 Å². The summed E-state index contributed by atoms with van der Waals surface area (Å²) in [6.45, 7) is 11.1. The normalized spacial score (nSPS) is 13.7. The minimum absolute atomic E-state index is 0.0171. The number of halogens is 6. The van der Waals surface area contributed by atoms with Gasteiger partial charge >= 0.3 is 12.4 Å². The van der Waals surface area contributed by atoms with Gasteiger partial charge in [0, 0.05) is 6.42 Å². The summed E-state index contributed by atoms with van der Waals surface area (Å²) in [4.78, 5) is 0.0757. The molecule has 0 aliphatic carbocycles. The molecule has 0 radical (unpaired) electrons. The number of hydrogen-bond acceptors (Lipinski definition) is 4. The lowest BCUT2D eigenvalue weighted by atomic mass is 9.89. The lowest BCUT2D eigenvalue weighted by Crippen LogP contribution is -2.18. The molecule has 3 aromatic rings. The van der Waals surface area contributed by atoms with Gasteiger partial charge in [0.25, 0.3) is 10.1 Å². The highest BCUT2D eigenvalue weighted by atomic mass is 32.2. The van der Waals surface area contributed by atoms with Crippen molar-refractivity contribution in [1.82, 2.24) is 0 Å². The van der Waals surface area contributed by atoms with E-state index >= 15 is 0 Å². The summed E-state index contributed by atoms with van der Waals surface area (Å²) < 4.78 is 119. The van der Waals surface area contributed by atoms with Gasteiger partial charge in [-0.3, -0.25) is 4.18 Å². The summed E-state index contributed by atoms with van der Waals surface area (Å²) in [5.41, 5.74) is -0.418. The van der Waals surface area contributed by atoms with Gasteiger partial charge in [0.15, 0.2) is 0 Å². The van der Waals surface area contributed by atoms with E-state index in [0.717, 1.165) is 5.56 Å². The predicted molar refractivity (Wildman–Crippen MR) is 153 cm³/mol. The molecule has 1 unspecified atom stereocenters. The van der Waals surface area contributed by atoms with Crippen LogP contribution in [0.15, 0.2) is 65.6 Å². The topological polar surface area (TPSA) is 52.6 Å². The van der Waals surface area contributed by atoms with Crippen LogP contribution in [0.5, 0.6) is 5.75 Å². The second-order valence-electron chi connectivity index (χ2n) is 11.3. The van der Waals surface area contributed by atoms with Gasteiger partial charge in [0.2, 0.25) is 0 Å². The first kappa shape index (κ1) is 34.4. The standard InChI is InChI=1S/C32H36F6O4S/c1-19(2)23-14-27(20(3)4)30(28(15-23)21(5)6)43(39,40)41-13-12-29(22-10-8-7-9-11-22)42-26-17-24(31(33,34)35)16-25(18-26)32(36,37)38/h7-11,14-21,29H,12-13H2,1-6H3. The Bertz CT molecular complexity index is 1430. The van der Waals surface area contributed by atoms with Crippen molar-refractivity contribution in [3.05, 3.63) is 94.0 Å². The van der Waals surface area contributed by atoms with Crippen molar-refractivity contribution >= 4 is 10.1 Å². The van der Waals surface area contributed by atoms with Gasteiger partial charge < -0.3 is 4.74 Å². The molecule has 0 aliphatic rings. The molecule has 0 spiro atoms. The van der Waals surface area contributed by atoms with Gasteiger partial charge in [-0.1, -0.05) is 84.0 Å². The van der Waals surface area contributed by atoms with E-state index in [-0.39, 0.29) is 35.1 Å². The van der Waals surface area contributed by atoms with Crippen LogP contribution < -0.4 is 4.74 Å². The van der Waals surface area contributed by atoms with E-state index in [1.54, 1.807) is 30.3 Å². The Kier molecular flexibility index (Phi) is 10.7. The van der Waals surface area contributed by atoms with Crippen molar-refractivity contribution in [3.63, 3.8) is 0 Å². The molecular weight excluding hydrogens is 594 g/mol. The van der Waals surface area contributed by atoms with E-state index in [0.29, 0.717) is 28.8 Å². The van der Waals surface area contributed by atoms with E-state index in [1.807, 2.05) is 53.7 Å². The Labute approximate surface area is 249 Å². The van der Waals surface area contributed by atoms with Crippen LogP contribution in [-0.4, -0.2) is 15.0 Å². The fourth-order valence-corrected chi connectivity index (χ4v) is 6.22. The zero-order valence-corrected chi connectivity index (χ0v) is 25.6. The SMILES string of the molecule is CC(C)c1cc(C(C)C)c(S(=O)(=O)OCCC(Oc2cc(C(F)(F)F)cc(C(F)(F)F)c2)c2ccccc2)c(C(C)C)c1. The van der Waals surface area contributed by atoms with Crippen molar-refractivity contribution in [2.75, 3.05) is 6.61 Å². The van der Waals surface area contributed by atoms with Gasteiger partial charge in [0.05, 0.1) is 17.7 Å². The van der Waals surface area contributed by atoms with Crippen LogP contribution in [0.3, 0.4) is 0 Å². The quantitative estimate of drug-likeness (QED) is 0.156. The number of alkyl halides is 6. The lowest BCUT2D eigenvalue weighted by Gasteiger charge is -2.24. The highest BCUT2D eigenvalue weighted by Gasteiger charge is 2.37. The highest BCUT2D eigenvalue weighted by molar-refractivity contribution is 7.86. The van der Waals surface area contributed by atoms with Crippen LogP contribution >= 0.6 is 0 Å². The van der Waals surface area contributed by atoms with Gasteiger partial charge in [0.1, 0.15) is 16.7 Å². The molecule has 11 heteroatoms. The van der Waals surface area contributed by atoms with Crippen LogP contribution in [0.2, 0.25) is 0 Å². The molecule has 43 heavy (non-hydrogen) atoms. The second kappa shape index (κ2) is 13.3. The molecule has 0 saturated heterocycles. The van der Waals surface area contributed by atoms with E-state index < -0.39 is 52.1 Å². The molecule has 0 amide bonds. The third kappa shape index (κ3) is 8.75. The first-order valence-electron chi connectivity index (χ1n) is 13.9. The average Bonchev–Trinajstić information content (AvgIpc) is 2.90. The fourth-order valence-electron chi connectivity index (χ4n) is 4.62. The average molecular weight is 631 g/mol. The molecular formula is C32H36F6O4S. The largest absolute Gasteiger partial charge is 0.486 e. The van der Waals surface area contributed by atoms with Crippen molar-refractivity contribution in [3.8, 4) is 5.75 Å². The summed E-state index contributed by atoms with van der Waals surface area (Å²) in [6.07, 6.45) is -11.4. The molecule has 0 saturated carbocycles. The third-order valence-electron chi connectivity index (χ3n) is 6.96. The molecule has 0 fully saturated rings. The summed E-state index contributed by atoms with van der Waals surface area (Å²) >= 11 is 0. The molecule has 1 atom stereocenters. The molecule has 0 aromatic heterocycles. The number of benzene rings is 3. The summed E-state index contributed by atoms with van der Waals surface area (Å²) in [5, 5.41) is 0. The highest BCUT2D eigenvalue weighted by Crippen LogP contribution is 2.40. The van der Waals surface area contributed by atoms with Crippen molar-refractivity contribution in [2.24, 2.45) is 0 Å². The summed E-state index contributed by atoms with van der Waals surface area (Å²) in [7, 11) is -4.31. The molecule has 3 aromatic carbocycles. The van der Waals surface area contributed by atoms with Crippen LogP contribution in [0.25, 0.3) is 0 Å².